The second-order valence-electron chi connectivity index (χ2n) is 5.22. The van der Waals surface area contributed by atoms with Crippen molar-refractivity contribution in [1.29, 1.82) is 0 Å². The first kappa shape index (κ1) is 16.1. The smallest absolute Gasteiger partial charge is 0.124 e. The first-order valence-electron chi connectivity index (χ1n) is 7.19. The molecule has 0 fully saturated rings. The highest BCUT2D eigenvalue weighted by Gasteiger charge is 2.14. The van der Waals surface area contributed by atoms with Crippen LogP contribution in [0.15, 0.2) is 41.1 Å². The van der Waals surface area contributed by atoms with E-state index in [0.29, 0.717) is 0 Å². The number of pyridine rings is 1. The fourth-order valence-electron chi connectivity index (χ4n) is 2.42. The molecule has 1 aromatic heterocycles. The van der Waals surface area contributed by atoms with Gasteiger partial charge in [-0.05, 0) is 67.3 Å². The molecule has 0 aliphatic rings. The van der Waals surface area contributed by atoms with Gasteiger partial charge in [0, 0.05) is 22.9 Å². The van der Waals surface area contributed by atoms with Crippen molar-refractivity contribution in [3.8, 4) is 0 Å². The SMILES string of the molecule is CCCNC(Cc1cc(F)cc(Br)c1)c1cnccc1C. The molecular weight excluding hydrogens is 331 g/mol. The van der Waals surface area contributed by atoms with Crippen molar-refractivity contribution in [1.82, 2.24) is 10.3 Å². The number of hydrogen-bond donors (Lipinski definition) is 1. The van der Waals surface area contributed by atoms with Gasteiger partial charge in [0.15, 0.2) is 0 Å². The summed E-state index contributed by atoms with van der Waals surface area (Å²) in [5, 5.41) is 3.54. The van der Waals surface area contributed by atoms with Crippen LogP contribution in [0.1, 0.15) is 36.1 Å². The predicted octanol–water partition coefficient (Wildman–Crippen LogP) is 4.58. The van der Waals surface area contributed by atoms with Crippen LogP contribution in [-0.4, -0.2) is 11.5 Å². The molecule has 4 heteroatoms. The molecule has 0 saturated carbocycles. The summed E-state index contributed by atoms with van der Waals surface area (Å²) in [6.07, 6.45) is 5.50. The van der Waals surface area contributed by atoms with Crippen LogP contribution in [0.3, 0.4) is 0 Å². The molecular formula is C17H20BrFN2. The molecule has 2 aromatic rings. The van der Waals surface area contributed by atoms with E-state index < -0.39 is 0 Å². The number of nitrogens with zero attached hydrogens (tertiary/aromatic N) is 1. The molecule has 0 spiro atoms. The molecule has 21 heavy (non-hydrogen) atoms. The zero-order valence-corrected chi connectivity index (χ0v) is 14.0. The molecule has 0 amide bonds. The minimum atomic E-state index is -0.212. The van der Waals surface area contributed by atoms with E-state index in [1.165, 1.54) is 17.2 Å². The van der Waals surface area contributed by atoms with E-state index in [9.17, 15) is 4.39 Å². The Morgan fingerprint density at radius 2 is 2.14 bits per heavy atom. The van der Waals surface area contributed by atoms with Gasteiger partial charge in [0.05, 0.1) is 0 Å². The van der Waals surface area contributed by atoms with Crippen LogP contribution < -0.4 is 5.32 Å². The minimum absolute atomic E-state index is 0.146. The molecule has 0 saturated heterocycles. The molecule has 0 aliphatic heterocycles. The monoisotopic (exact) mass is 350 g/mol. The Bertz CT molecular complexity index is 581. The van der Waals surface area contributed by atoms with Crippen LogP contribution in [0, 0.1) is 12.7 Å². The Morgan fingerprint density at radius 1 is 1.33 bits per heavy atom. The van der Waals surface area contributed by atoms with Gasteiger partial charge in [-0.25, -0.2) is 4.39 Å². The number of aromatic nitrogens is 1. The van der Waals surface area contributed by atoms with E-state index in [1.807, 2.05) is 18.3 Å². The van der Waals surface area contributed by atoms with E-state index in [2.05, 4.69) is 40.1 Å². The van der Waals surface area contributed by atoms with E-state index >= 15 is 0 Å². The number of halogens is 2. The Kier molecular flexibility index (Phi) is 5.88. The summed E-state index contributed by atoms with van der Waals surface area (Å²) in [4.78, 5) is 4.23. The molecule has 112 valence electrons. The van der Waals surface area contributed by atoms with E-state index in [-0.39, 0.29) is 11.9 Å². The molecule has 1 N–H and O–H groups in total. The largest absolute Gasteiger partial charge is 0.310 e. The lowest BCUT2D eigenvalue weighted by Gasteiger charge is -2.21. The lowest BCUT2D eigenvalue weighted by atomic mass is 9.97. The van der Waals surface area contributed by atoms with Gasteiger partial charge in [-0.2, -0.15) is 0 Å². The highest BCUT2D eigenvalue weighted by Crippen LogP contribution is 2.23. The van der Waals surface area contributed by atoms with Crippen molar-refractivity contribution in [2.75, 3.05) is 6.54 Å². The summed E-state index contributed by atoms with van der Waals surface area (Å²) in [5.41, 5.74) is 3.35. The highest BCUT2D eigenvalue weighted by molar-refractivity contribution is 9.10. The van der Waals surface area contributed by atoms with E-state index in [1.54, 1.807) is 12.3 Å². The van der Waals surface area contributed by atoms with Gasteiger partial charge in [-0.15, -0.1) is 0 Å². The van der Waals surface area contributed by atoms with Crippen LogP contribution >= 0.6 is 15.9 Å². The summed E-state index contributed by atoms with van der Waals surface area (Å²) >= 11 is 3.35. The van der Waals surface area contributed by atoms with Crippen molar-refractivity contribution in [3.63, 3.8) is 0 Å². The van der Waals surface area contributed by atoms with Gasteiger partial charge >= 0.3 is 0 Å². The molecule has 0 radical (unpaired) electrons. The highest BCUT2D eigenvalue weighted by atomic mass is 79.9. The number of aryl methyl sites for hydroxylation is 1. The molecule has 1 unspecified atom stereocenters. The molecule has 2 nitrogen and oxygen atoms in total. The fourth-order valence-corrected chi connectivity index (χ4v) is 2.93. The molecule has 1 heterocycles. The number of rotatable bonds is 6. The summed E-state index contributed by atoms with van der Waals surface area (Å²) in [5.74, 6) is -0.212. The van der Waals surface area contributed by atoms with Gasteiger partial charge in [0.2, 0.25) is 0 Å². The zero-order chi connectivity index (χ0) is 15.2. The summed E-state index contributed by atoms with van der Waals surface area (Å²) < 4.78 is 14.3. The molecule has 1 aromatic carbocycles. The van der Waals surface area contributed by atoms with Crippen LogP contribution in [-0.2, 0) is 6.42 Å². The Balaban J connectivity index is 2.26. The van der Waals surface area contributed by atoms with Crippen molar-refractivity contribution in [2.45, 2.75) is 32.7 Å². The normalized spacial score (nSPS) is 12.4. The van der Waals surface area contributed by atoms with Gasteiger partial charge in [0.1, 0.15) is 5.82 Å². The van der Waals surface area contributed by atoms with Crippen molar-refractivity contribution in [2.24, 2.45) is 0 Å². The van der Waals surface area contributed by atoms with E-state index in [0.717, 1.165) is 29.4 Å². The number of hydrogen-bond acceptors (Lipinski definition) is 2. The van der Waals surface area contributed by atoms with Crippen LogP contribution in [0.2, 0.25) is 0 Å². The Morgan fingerprint density at radius 3 is 2.81 bits per heavy atom. The standard InChI is InChI=1S/C17H20BrFN2/c1-3-5-21-17(16-11-20-6-4-12(16)2)9-13-7-14(18)10-15(19)8-13/h4,6-8,10-11,17,21H,3,5,9H2,1-2H3. The topological polar surface area (TPSA) is 24.9 Å². The second kappa shape index (κ2) is 7.66. The second-order valence-corrected chi connectivity index (χ2v) is 6.14. The van der Waals surface area contributed by atoms with E-state index in [4.69, 9.17) is 0 Å². The maximum atomic E-state index is 13.5. The summed E-state index contributed by atoms with van der Waals surface area (Å²) in [6.45, 7) is 5.15. The van der Waals surface area contributed by atoms with Crippen molar-refractivity contribution in [3.05, 3.63) is 63.6 Å². The summed E-state index contributed by atoms with van der Waals surface area (Å²) in [6, 6.07) is 7.20. The predicted molar refractivity (Wildman–Crippen MR) is 87.8 cm³/mol. The first-order valence-corrected chi connectivity index (χ1v) is 7.98. The van der Waals surface area contributed by atoms with Crippen LogP contribution in [0.4, 0.5) is 4.39 Å². The average molecular weight is 351 g/mol. The van der Waals surface area contributed by atoms with Crippen molar-refractivity contribution < 1.29 is 4.39 Å². The van der Waals surface area contributed by atoms with Crippen LogP contribution in [0.5, 0.6) is 0 Å². The summed E-state index contributed by atoms with van der Waals surface area (Å²) in [7, 11) is 0. The number of benzene rings is 1. The van der Waals surface area contributed by atoms with Gasteiger partial charge in [0.25, 0.3) is 0 Å². The molecule has 2 rings (SSSR count). The number of nitrogens with one attached hydrogen (secondary N) is 1. The fraction of sp³-hybridized carbons (Fsp3) is 0.353. The van der Waals surface area contributed by atoms with Crippen LogP contribution in [0.25, 0.3) is 0 Å². The first-order chi connectivity index (χ1) is 10.1. The Labute approximate surface area is 133 Å². The lowest BCUT2D eigenvalue weighted by molar-refractivity contribution is 0.523. The lowest BCUT2D eigenvalue weighted by Crippen LogP contribution is -2.25. The third-order valence-electron chi connectivity index (χ3n) is 3.46. The molecule has 0 aliphatic carbocycles. The third kappa shape index (κ3) is 4.61. The maximum absolute atomic E-state index is 13.5. The molecule has 1 atom stereocenters. The minimum Gasteiger partial charge on any atom is -0.310 e. The quantitative estimate of drug-likeness (QED) is 0.824. The zero-order valence-electron chi connectivity index (χ0n) is 12.4. The van der Waals surface area contributed by atoms with Crippen molar-refractivity contribution >= 4 is 15.9 Å². The maximum Gasteiger partial charge on any atom is 0.124 e. The van der Waals surface area contributed by atoms with Gasteiger partial charge < -0.3 is 5.32 Å². The average Bonchev–Trinajstić information content (AvgIpc) is 2.43. The molecule has 0 bridgehead atoms. The Hall–Kier alpha value is -1.26. The van der Waals surface area contributed by atoms with Gasteiger partial charge in [-0.3, -0.25) is 4.98 Å². The van der Waals surface area contributed by atoms with Gasteiger partial charge in [-0.1, -0.05) is 22.9 Å². The third-order valence-corrected chi connectivity index (χ3v) is 3.92.